The van der Waals surface area contributed by atoms with Crippen LogP contribution in [0.2, 0.25) is 0 Å². The molecule has 31 heavy (non-hydrogen) atoms. The molecule has 2 heterocycles. The van der Waals surface area contributed by atoms with Gasteiger partial charge < -0.3 is 9.80 Å². The average Bonchev–Trinajstić information content (AvgIpc) is 3.01. The lowest BCUT2D eigenvalue weighted by molar-refractivity contribution is -0.900. The van der Waals surface area contributed by atoms with Crippen molar-refractivity contribution in [3.63, 3.8) is 0 Å². The normalized spacial score (nSPS) is 17.4. The van der Waals surface area contributed by atoms with Gasteiger partial charge in [-0.3, -0.25) is 14.5 Å². The molecule has 2 aromatic rings. The fourth-order valence-electron chi connectivity index (χ4n) is 4.30. The molecule has 1 fully saturated rings. The number of amides is 2. The molecule has 0 unspecified atom stereocenters. The third-order valence-corrected chi connectivity index (χ3v) is 6.05. The third-order valence-electron chi connectivity index (χ3n) is 6.05. The summed E-state index contributed by atoms with van der Waals surface area (Å²) in [5, 5.41) is 0. The number of hydrogen-bond donors (Lipinski definition) is 1. The highest BCUT2D eigenvalue weighted by molar-refractivity contribution is 6.21. The average molecular weight is 432 g/mol. The van der Waals surface area contributed by atoms with E-state index in [1.807, 2.05) is 4.90 Å². The second-order valence-electron chi connectivity index (χ2n) is 8.05. The molecule has 0 radical (unpaired) electrons. The maximum absolute atomic E-state index is 12.9. The molecule has 2 amide bonds. The minimum atomic E-state index is -4.33. The summed E-state index contributed by atoms with van der Waals surface area (Å²) in [5.41, 5.74) is 0.945. The number of rotatable bonds is 6. The second kappa shape index (κ2) is 8.70. The van der Waals surface area contributed by atoms with Gasteiger partial charge in [0.2, 0.25) is 0 Å². The molecule has 0 bridgehead atoms. The summed E-state index contributed by atoms with van der Waals surface area (Å²) >= 11 is 0. The van der Waals surface area contributed by atoms with Gasteiger partial charge in [-0.2, -0.15) is 13.2 Å². The van der Waals surface area contributed by atoms with Crippen LogP contribution in [0.1, 0.15) is 39.1 Å². The highest BCUT2D eigenvalue weighted by Crippen LogP contribution is 2.31. The fourth-order valence-corrected chi connectivity index (χ4v) is 4.30. The van der Waals surface area contributed by atoms with Crippen LogP contribution in [-0.4, -0.2) is 56.0 Å². The molecule has 0 aromatic heterocycles. The van der Waals surface area contributed by atoms with E-state index in [2.05, 4.69) is 0 Å². The molecule has 2 aliphatic heterocycles. The van der Waals surface area contributed by atoms with Gasteiger partial charge in [0.25, 0.3) is 11.8 Å². The molecule has 8 heteroatoms. The number of fused-ring (bicyclic) bond motifs is 1. The topological polar surface area (TPSA) is 45.1 Å². The number of piperazine rings is 1. The van der Waals surface area contributed by atoms with Gasteiger partial charge in [0.1, 0.15) is 0 Å². The van der Waals surface area contributed by atoms with Crippen LogP contribution in [0.25, 0.3) is 0 Å². The number of carbonyl (C=O) groups excluding carboxylic acids is 2. The van der Waals surface area contributed by atoms with Crippen LogP contribution in [0.5, 0.6) is 0 Å². The van der Waals surface area contributed by atoms with Gasteiger partial charge in [-0.05, 0) is 43.2 Å². The Morgan fingerprint density at radius 2 is 1.52 bits per heavy atom. The van der Waals surface area contributed by atoms with Crippen molar-refractivity contribution in [1.82, 2.24) is 4.90 Å². The standard InChI is InChI=1S/C23H24F3N3O2/c24-23(25,26)17-6-5-7-18(16-17)28-14-12-27(13-15-28)10-3-4-11-29-21(30)19-8-1-2-9-20(19)22(29)31/h1-2,5-9,16H,3-4,10-15H2/p+1. The van der Waals surface area contributed by atoms with E-state index in [0.717, 1.165) is 38.5 Å². The summed E-state index contributed by atoms with van der Waals surface area (Å²) in [4.78, 5) is 29.5. The largest absolute Gasteiger partial charge is 0.416 e. The summed E-state index contributed by atoms with van der Waals surface area (Å²) in [6.07, 6.45) is -2.71. The molecule has 1 N–H and O–H groups in total. The molecule has 0 aliphatic carbocycles. The van der Waals surface area contributed by atoms with E-state index in [9.17, 15) is 22.8 Å². The zero-order chi connectivity index (χ0) is 22.0. The third kappa shape index (κ3) is 4.58. The van der Waals surface area contributed by atoms with Gasteiger partial charge >= 0.3 is 6.18 Å². The molecule has 0 spiro atoms. The fraction of sp³-hybridized carbons (Fsp3) is 0.391. The maximum atomic E-state index is 12.9. The van der Waals surface area contributed by atoms with Crippen molar-refractivity contribution in [3.05, 3.63) is 65.2 Å². The number of hydrogen-bond acceptors (Lipinski definition) is 3. The first-order valence-electron chi connectivity index (χ1n) is 10.6. The van der Waals surface area contributed by atoms with E-state index in [4.69, 9.17) is 0 Å². The van der Waals surface area contributed by atoms with Gasteiger partial charge in [0.05, 0.1) is 49.4 Å². The number of nitrogens with zero attached hydrogens (tertiary/aromatic N) is 2. The van der Waals surface area contributed by atoms with Gasteiger partial charge in [0, 0.05) is 12.2 Å². The summed E-state index contributed by atoms with van der Waals surface area (Å²) in [6.45, 7) is 4.44. The highest BCUT2D eigenvalue weighted by Gasteiger charge is 2.34. The predicted octanol–water partition coefficient (Wildman–Crippen LogP) is 2.49. The van der Waals surface area contributed by atoms with Crippen LogP contribution in [0.3, 0.4) is 0 Å². The van der Waals surface area contributed by atoms with Crippen molar-refractivity contribution in [2.45, 2.75) is 19.0 Å². The van der Waals surface area contributed by atoms with Crippen molar-refractivity contribution in [2.24, 2.45) is 0 Å². The Morgan fingerprint density at radius 3 is 2.13 bits per heavy atom. The first kappa shape index (κ1) is 21.4. The van der Waals surface area contributed by atoms with E-state index in [0.29, 0.717) is 36.4 Å². The highest BCUT2D eigenvalue weighted by atomic mass is 19.4. The lowest BCUT2D eigenvalue weighted by Crippen LogP contribution is -3.14. The number of nitrogens with one attached hydrogen (secondary N) is 1. The SMILES string of the molecule is O=C1c2ccccc2C(=O)N1CCCC[NH+]1CCN(c2cccc(C(F)(F)F)c2)CC1. The minimum absolute atomic E-state index is 0.220. The lowest BCUT2D eigenvalue weighted by atomic mass is 10.1. The molecule has 2 aliphatic rings. The molecule has 4 rings (SSSR count). The maximum Gasteiger partial charge on any atom is 0.416 e. The van der Waals surface area contributed by atoms with Crippen LogP contribution in [0.15, 0.2) is 48.5 Å². The van der Waals surface area contributed by atoms with Gasteiger partial charge in [-0.1, -0.05) is 18.2 Å². The number of carbonyl (C=O) groups is 2. The van der Waals surface area contributed by atoms with Crippen LogP contribution in [0.4, 0.5) is 18.9 Å². The Kier molecular flexibility index (Phi) is 6.00. The Morgan fingerprint density at radius 1 is 0.871 bits per heavy atom. The number of alkyl halides is 3. The van der Waals surface area contributed by atoms with Gasteiger partial charge in [0.15, 0.2) is 0 Å². The summed E-state index contributed by atoms with van der Waals surface area (Å²) in [7, 11) is 0. The number of unbranched alkanes of at least 4 members (excludes halogenated alkanes) is 1. The Balaban J connectivity index is 1.21. The van der Waals surface area contributed by atoms with Crippen LogP contribution >= 0.6 is 0 Å². The van der Waals surface area contributed by atoms with Gasteiger partial charge in [-0.15, -0.1) is 0 Å². The van der Waals surface area contributed by atoms with Crippen molar-refractivity contribution < 1.29 is 27.7 Å². The van der Waals surface area contributed by atoms with Crippen LogP contribution in [0, 0.1) is 0 Å². The van der Waals surface area contributed by atoms with E-state index in [1.54, 1.807) is 30.3 Å². The van der Waals surface area contributed by atoms with E-state index in [1.165, 1.54) is 21.9 Å². The Hall–Kier alpha value is -2.87. The summed E-state index contributed by atoms with van der Waals surface area (Å²) in [5.74, 6) is -0.440. The molecule has 2 aromatic carbocycles. The molecule has 1 saturated heterocycles. The van der Waals surface area contributed by atoms with Crippen LogP contribution in [-0.2, 0) is 6.18 Å². The number of benzene rings is 2. The van der Waals surface area contributed by atoms with Crippen molar-refractivity contribution in [1.29, 1.82) is 0 Å². The quantitative estimate of drug-likeness (QED) is 0.564. The number of halogens is 3. The van der Waals surface area contributed by atoms with Gasteiger partial charge in [-0.25, -0.2) is 0 Å². The molecule has 0 atom stereocenters. The molecule has 5 nitrogen and oxygen atoms in total. The first-order chi connectivity index (χ1) is 14.8. The van der Waals surface area contributed by atoms with Crippen molar-refractivity contribution in [2.75, 3.05) is 44.2 Å². The zero-order valence-corrected chi connectivity index (χ0v) is 17.1. The number of quaternary nitrogens is 1. The molecular weight excluding hydrogens is 407 g/mol. The smallest absolute Gasteiger partial charge is 0.360 e. The predicted molar refractivity (Wildman–Crippen MR) is 110 cm³/mol. The molecule has 0 saturated carbocycles. The zero-order valence-electron chi connectivity index (χ0n) is 17.1. The van der Waals surface area contributed by atoms with E-state index >= 15 is 0 Å². The molecular formula is C23H25F3N3O2+. The monoisotopic (exact) mass is 432 g/mol. The number of imide groups is 1. The Labute approximate surface area is 179 Å². The lowest BCUT2D eigenvalue weighted by Gasteiger charge is -2.34. The second-order valence-corrected chi connectivity index (χ2v) is 8.05. The first-order valence-corrected chi connectivity index (χ1v) is 10.6. The minimum Gasteiger partial charge on any atom is -0.360 e. The Bertz CT molecular complexity index is 934. The van der Waals surface area contributed by atoms with Crippen LogP contribution < -0.4 is 9.80 Å². The van der Waals surface area contributed by atoms with Crippen molar-refractivity contribution >= 4 is 17.5 Å². The summed E-state index contributed by atoms with van der Waals surface area (Å²) in [6, 6.07) is 12.4. The summed E-state index contributed by atoms with van der Waals surface area (Å²) < 4.78 is 38.8. The number of anilines is 1. The molecule has 164 valence electrons. The van der Waals surface area contributed by atoms with E-state index < -0.39 is 11.7 Å². The van der Waals surface area contributed by atoms with E-state index in [-0.39, 0.29) is 11.8 Å². The van der Waals surface area contributed by atoms with Crippen molar-refractivity contribution in [3.8, 4) is 0 Å².